The topological polar surface area (TPSA) is 15.3 Å². The van der Waals surface area contributed by atoms with Crippen molar-refractivity contribution in [1.82, 2.24) is 10.2 Å². The first kappa shape index (κ1) is 12.2. The van der Waals surface area contributed by atoms with Crippen molar-refractivity contribution in [2.24, 2.45) is 5.92 Å². The average Bonchev–Trinajstić information content (AvgIpc) is 3.05. The van der Waals surface area contributed by atoms with Crippen LogP contribution in [0.3, 0.4) is 0 Å². The molecule has 1 aromatic rings. The Morgan fingerprint density at radius 1 is 1.53 bits per heavy atom. The molecule has 0 amide bonds. The predicted octanol–water partition coefficient (Wildman–Crippen LogP) is 3.08. The van der Waals surface area contributed by atoms with Gasteiger partial charge in [0.15, 0.2) is 0 Å². The van der Waals surface area contributed by atoms with Crippen molar-refractivity contribution in [1.29, 1.82) is 0 Å². The van der Waals surface area contributed by atoms with Crippen molar-refractivity contribution in [3.63, 3.8) is 0 Å². The smallest absolute Gasteiger partial charge is 0.0701 e. The van der Waals surface area contributed by atoms with E-state index in [4.69, 9.17) is 0 Å². The molecule has 2 heterocycles. The summed E-state index contributed by atoms with van der Waals surface area (Å²) in [7, 11) is 0. The van der Waals surface area contributed by atoms with Crippen LogP contribution in [0.5, 0.6) is 0 Å². The maximum absolute atomic E-state index is 3.73. The third-order valence-corrected chi connectivity index (χ3v) is 5.60. The van der Waals surface area contributed by atoms with Crippen molar-refractivity contribution in [3.05, 3.63) is 20.8 Å². The van der Waals surface area contributed by atoms with E-state index in [1.165, 1.54) is 34.6 Å². The molecule has 0 radical (unpaired) electrons. The zero-order valence-corrected chi connectivity index (χ0v) is 12.6. The molecule has 3 rings (SSSR count). The predicted molar refractivity (Wildman–Crippen MR) is 76.4 cm³/mol. The number of halogens is 1. The fourth-order valence-electron chi connectivity index (χ4n) is 2.89. The normalized spacial score (nSPS) is 30.7. The number of nitrogens with zero attached hydrogens (tertiary/aromatic N) is 1. The van der Waals surface area contributed by atoms with Crippen LogP contribution < -0.4 is 5.32 Å². The van der Waals surface area contributed by atoms with Gasteiger partial charge in [-0.25, -0.2) is 0 Å². The highest BCUT2D eigenvalue weighted by atomic mass is 79.9. The Balaban J connectivity index is 1.63. The van der Waals surface area contributed by atoms with Gasteiger partial charge in [0.05, 0.1) is 3.79 Å². The molecule has 1 N–H and O–H groups in total. The molecule has 0 aromatic carbocycles. The van der Waals surface area contributed by atoms with Crippen LogP contribution in [0.4, 0.5) is 0 Å². The minimum atomic E-state index is 0.368. The van der Waals surface area contributed by atoms with Gasteiger partial charge in [0.2, 0.25) is 0 Å². The van der Waals surface area contributed by atoms with Gasteiger partial charge in [-0.15, -0.1) is 11.3 Å². The summed E-state index contributed by atoms with van der Waals surface area (Å²) in [5.74, 6) is 0.917. The molecule has 1 saturated carbocycles. The molecule has 94 valence electrons. The summed E-state index contributed by atoms with van der Waals surface area (Å²) in [6, 6.07) is 4.40. The van der Waals surface area contributed by atoms with Gasteiger partial charge in [0, 0.05) is 36.6 Å². The van der Waals surface area contributed by atoms with Crippen LogP contribution in [-0.2, 0) is 6.54 Å². The Hall–Kier alpha value is 0.1000. The molecule has 4 heteroatoms. The average molecular weight is 315 g/mol. The second-order valence-electron chi connectivity index (χ2n) is 5.53. The van der Waals surface area contributed by atoms with Crippen LogP contribution in [0.15, 0.2) is 15.9 Å². The summed E-state index contributed by atoms with van der Waals surface area (Å²) < 4.78 is 1.24. The second-order valence-corrected chi connectivity index (χ2v) is 8.08. The van der Waals surface area contributed by atoms with E-state index >= 15 is 0 Å². The Bertz CT molecular complexity index is 402. The van der Waals surface area contributed by atoms with Crippen LogP contribution in [0.25, 0.3) is 0 Å². The van der Waals surface area contributed by atoms with Crippen LogP contribution in [0.1, 0.15) is 24.6 Å². The Labute approximate surface area is 116 Å². The summed E-state index contributed by atoms with van der Waals surface area (Å²) in [5, 5.41) is 3.73. The SMILES string of the molecule is CC1(C2CC2)CN(Cc2ccc(Br)s2)CCN1. The summed E-state index contributed by atoms with van der Waals surface area (Å²) in [5.41, 5.74) is 0.368. The van der Waals surface area contributed by atoms with Gasteiger partial charge < -0.3 is 5.32 Å². The quantitative estimate of drug-likeness (QED) is 0.922. The Morgan fingerprint density at radius 2 is 2.35 bits per heavy atom. The third-order valence-electron chi connectivity index (χ3n) is 4.00. The molecule has 0 spiro atoms. The molecule has 2 aliphatic rings. The Morgan fingerprint density at radius 3 is 3.00 bits per heavy atom. The molecular weight excluding hydrogens is 296 g/mol. The van der Waals surface area contributed by atoms with Crippen molar-refractivity contribution >= 4 is 27.3 Å². The van der Waals surface area contributed by atoms with E-state index in [0.29, 0.717) is 5.54 Å². The molecule has 1 atom stereocenters. The fourth-order valence-corrected chi connectivity index (χ4v) is 4.41. The molecule has 1 unspecified atom stereocenters. The molecule has 0 bridgehead atoms. The number of nitrogens with one attached hydrogen (secondary N) is 1. The largest absolute Gasteiger partial charge is 0.309 e. The van der Waals surface area contributed by atoms with Crippen LogP contribution in [-0.4, -0.2) is 30.1 Å². The van der Waals surface area contributed by atoms with Gasteiger partial charge in [0.25, 0.3) is 0 Å². The lowest BCUT2D eigenvalue weighted by Gasteiger charge is -2.41. The second kappa shape index (κ2) is 4.65. The van der Waals surface area contributed by atoms with Gasteiger partial charge in [-0.2, -0.15) is 0 Å². The fraction of sp³-hybridized carbons (Fsp3) is 0.692. The van der Waals surface area contributed by atoms with Gasteiger partial charge >= 0.3 is 0 Å². The van der Waals surface area contributed by atoms with Crippen molar-refractivity contribution < 1.29 is 0 Å². The standard InChI is InChI=1S/C13H19BrN2S/c1-13(10-2-3-10)9-16(7-6-15-13)8-11-4-5-12(14)17-11/h4-5,10,15H,2-3,6-9H2,1H3. The van der Waals surface area contributed by atoms with E-state index in [0.717, 1.165) is 19.0 Å². The highest BCUT2D eigenvalue weighted by Crippen LogP contribution is 2.41. The highest BCUT2D eigenvalue weighted by Gasteiger charge is 2.43. The third kappa shape index (κ3) is 2.75. The zero-order valence-electron chi connectivity index (χ0n) is 10.2. The molecule has 1 aromatic heterocycles. The monoisotopic (exact) mass is 314 g/mol. The number of rotatable bonds is 3. The lowest BCUT2D eigenvalue weighted by atomic mass is 9.93. The van der Waals surface area contributed by atoms with Gasteiger partial charge in [0.1, 0.15) is 0 Å². The highest BCUT2D eigenvalue weighted by molar-refractivity contribution is 9.11. The number of hydrogen-bond donors (Lipinski definition) is 1. The van der Waals surface area contributed by atoms with Crippen LogP contribution in [0, 0.1) is 5.92 Å². The molecule has 2 nitrogen and oxygen atoms in total. The van der Waals surface area contributed by atoms with Crippen LogP contribution >= 0.6 is 27.3 Å². The Kier molecular flexibility index (Phi) is 3.32. The van der Waals surface area contributed by atoms with Gasteiger partial charge in [-0.1, -0.05) is 0 Å². The number of hydrogen-bond acceptors (Lipinski definition) is 3. The lowest BCUT2D eigenvalue weighted by molar-refractivity contribution is 0.122. The van der Waals surface area contributed by atoms with Gasteiger partial charge in [-0.05, 0) is 53.7 Å². The number of piperazine rings is 1. The van der Waals surface area contributed by atoms with Crippen molar-refractivity contribution in [2.45, 2.75) is 31.8 Å². The lowest BCUT2D eigenvalue weighted by Crippen LogP contribution is -2.59. The number of thiophene rings is 1. The van der Waals surface area contributed by atoms with Gasteiger partial charge in [-0.3, -0.25) is 4.90 Å². The van der Waals surface area contributed by atoms with Crippen molar-refractivity contribution in [3.8, 4) is 0 Å². The first-order chi connectivity index (χ1) is 8.16. The zero-order chi connectivity index (χ0) is 11.9. The van der Waals surface area contributed by atoms with E-state index in [1.54, 1.807) is 0 Å². The minimum Gasteiger partial charge on any atom is -0.309 e. The van der Waals surface area contributed by atoms with E-state index in [-0.39, 0.29) is 0 Å². The first-order valence-electron chi connectivity index (χ1n) is 6.37. The molecule has 17 heavy (non-hydrogen) atoms. The summed E-state index contributed by atoms with van der Waals surface area (Å²) in [6.45, 7) is 7.03. The van der Waals surface area contributed by atoms with Crippen LogP contribution in [0.2, 0.25) is 0 Å². The van der Waals surface area contributed by atoms with E-state index in [2.05, 4.69) is 45.2 Å². The van der Waals surface area contributed by atoms with Crippen molar-refractivity contribution in [2.75, 3.05) is 19.6 Å². The molecule has 2 fully saturated rings. The first-order valence-corrected chi connectivity index (χ1v) is 7.98. The summed E-state index contributed by atoms with van der Waals surface area (Å²) in [6.07, 6.45) is 2.84. The van der Waals surface area contributed by atoms with E-state index in [1.807, 2.05) is 11.3 Å². The molecule has 1 saturated heterocycles. The minimum absolute atomic E-state index is 0.368. The summed E-state index contributed by atoms with van der Waals surface area (Å²) >= 11 is 5.40. The maximum Gasteiger partial charge on any atom is 0.0701 e. The summed E-state index contributed by atoms with van der Waals surface area (Å²) in [4.78, 5) is 4.07. The molecule has 1 aliphatic heterocycles. The van der Waals surface area contributed by atoms with E-state index < -0.39 is 0 Å². The maximum atomic E-state index is 3.73. The molecule has 1 aliphatic carbocycles. The van der Waals surface area contributed by atoms with E-state index in [9.17, 15) is 0 Å². The molecular formula is C13H19BrN2S.